The molecule has 370 valence electrons. The molecule has 9 atom stereocenters. The number of primary amides is 2. The summed E-state index contributed by atoms with van der Waals surface area (Å²) in [5, 5.41) is 36.3. The number of carboxylic acids is 2. The molecule has 0 fully saturated rings. The number of nitrogens with one attached hydrogen (secondary N) is 7. The van der Waals surface area contributed by atoms with Crippen molar-refractivity contribution in [2.45, 2.75) is 167 Å². The summed E-state index contributed by atoms with van der Waals surface area (Å²) in [6, 6.07) is -10.7. The maximum absolute atomic E-state index is 13.9. The average Bonchev–Trinajstić information content (AvgIpc) is 3.21. The van der Waals surface area contributed by atoms with E-state index in [1.807, 2.05) is 0 Å². The highest BCUT2D eigenvalue weighted by Crippen LogP contribution is 2.13. The first-order chi connectivity index (χ1) is 30.2. The van der Waals surface area contributed by atoms with Gasteiger partial charge in [-0.1, -0.05) is 48.0 Å². The molecule has 0 aromatic heterocycles. The molecule has 0 aromatic rings. The molecule has 0 heterocycles. The van der Waals surface area contributed by atoms with E-state index in [9.17, 15) is 63.0 Å². The zero-order valence-electron chi connectivity index (χ0n) is 38.5. The van der Waals surface area contributed by atoms with Gasteiger partial charge in [0.05, 0.1) is 6.04 Å². The number of amides is 9. The fraction of sp³-hybridized carbons (Fsp3) is 0.732. The van der Waals surface area contributed by atoms with Crippen LogP contribution in [0.3, 0.4) is 0 Å². The summed E-state index contributed by atoms with van der Waals surface area (Å²) < 4.78 is 0. The second-order valence-electron chi connectivity index (χ2n) is 16.9. The molecule has 0 aliphatic rings. The lowest BCUT2D eigenvalue weighted by Crippen LogP contribution is -2.61. The first kappa shape index (κ1) is 59.1. The van der Waals surface area contributed by atoms with Crippen LogP contribution in [0.15, 0.2) is 0 Å². The van der Waals surface area contributed by atoms with Gasteiger partial charge in [0.25, 0.3) is 0 Å². The van der Waals surface area contributed by atoms with Crippen LogP contribution >= 0.6 is 0 Å². The predicted octanol–water partition coefficient (Wildman–Crippen LogP) is -2.92. The van der Waals surface area contributed by atoms with Crippen molar-refractivity contribution in [3.8, 4) is 0 Å². The SMILES string of the molecule is CC[C@H](C)[C@H](NC(=O)[C@@H](NC(=O)[C@H](CCC(N)=O)NC(=O)[C@H](CCC(=O)O)NC(=O)[C@H](CC(C)C)NC(=O)[C@@H](N)CCC(N)=O)C(C)C)C(=O)N[C@@H](C)C(=O)N[C@@H](CCCCN)C(=O)O. The van der Waals surface area contributed by atoms with Gasteiger partial charge in [0, 0.05) is 19.3 Å². The molecule has 0 aliphatic heterocycles. The van der Waals surface area contributed by atoms with Crippen molar-refractivity contribution in [2.75, 3.05) is 6.54 Å². The van der Waals surface area contributed by atoms with Gasteiger partial charge in [-0.2, -0.15) is 0 Å². The van der Waals surface area contributed by atoms with Crippen LogP contribution in [0.25, 0.3) is 0 Å². The first-order valence-corrected chi connectivity index (χ1v) is 21.8. The number of aliphatic carboxylic acids is 2. The van der Waals surface area contributed by atoms with E-state index in [1.165, 1.54) is 6.92 Å². The minimum Gasteiger partial charge on any atom is -0.481 e. The predicted molar refractivity (Wildman–Crippen MR) is 235 cm³/mol. The molecule has 0 aliphatic carbocycles. The van der Waals surface area contributed by atoms with Crippen molar-refractivity contribution in [3.05, 3.63) is 0 Å². The normalized spacial score (nSPS) is 15.3. The van der Waals surface area contributed by atoms with Gasteiger partial charge in [0.2, 0.25) is 53.2 Å². The van der Waals surface area contributed by atoms with Crippen LogP contribution in [0.2, 0.25) is 0 Å². The fourth-order valence-electron chi connectivity index (χ4n) is 6.20. The third-order valence-corrected chi connectivity index (χ3v) is 10.3. The standard InChI is InChI=1S/C41H73N11O13/c1-8-22(6)33(40(63)46-23(7)34(57)49-27(41(64)65)11-9-10-18-42)52-39(62)32(21(4)5)51-37(60)25(13-16-30(45)54)47-36(59)26(14-17-31(55)56)48-38(61)28(19-20(2)3)50-35(58)24(43)12-15-29(44)53/h20-28,32-33H,8-19,42-43H2,1-7H3,(H2,44,53)(H2,45,54)(H,46,63)(H,47,59)(H,48,61)(H,49,57)(H,50,58)(H,51,60)(H,52,62)(H,55,56)(H,64,65)/t22-,23-,24-,25-,26-,27-,28-,32-,33-/m0/s1. The lowest BCUT2D eigenvalue weighted by Gasteiger charge is -2.30. The Bertz CT molecular complexity index is 1660. The summed E-state index contributed by atoms with van der Waals surface area (Å²) in [6.07, 6.45) is -0.756. The van der Waals surface area contributed by atoms with Crippen molar-refractivity contribution in [2.24, 2.45) is 40.7 Å². The maximum Gasteiger partial charge on any atom is 0.326 e. The van der Waals surface area contributed by atoms with Crippen LogP contribution in [0, 0.1) is 17.8 Å². The van der Waals surface area contributed by atoms with Crippen LogP contribution in [-0.2, 0) is 52.7 Å². The number of hydrogen-bond donors (Lipinski definition) is 13. The van der Waals surface area contributed by atoms with Crippen LogP contribution in [-0.4, -0.2) is 130 Å². The summed E-state index contributed by atoms with van der Waals surface area (Å²) in [5.74, 6) is -11.6. The van der Waals surface area contributed by atoms with Gasteiger partial charge in [0.15, 0.2) is 0 Å². The maximum atomic E-state index is 13.9. The molecular weight excluding hydrogens is 855 g/mol. The molecule has 17 N–H and O–H groups in total. The fourth-order valence-corrected chi connectivity index (χ4v) is 6.20. The second kappa shape index (κ2) is 30.3. The van der Waals surface area contributed by atoms with E-state index in [0.29, 0.717) is 25.8 Å². The molecule has 0 saturated heterocycles. The van der Waals surface area contributed by atoms with Gasteiger partial charge < -0.3 is 70.4 Å². The average molecular weight is 928 g/mol. The number of carbonyl (C=O) groups excluding carboxylic acids is 9. The highest BCUT2D eigenvalue weighted by molar-refractivity contribution is 5.98. The van der Waals surface area contributed by atoms with E-state index in [2.05, 4.69) is 37.2 Å². The molecule has 65 heavy (non-hydrogen) atoms. The van der Waals surface area contributed by atoms with E-state index in [0.717, 1.165) is 0 Å². The quantitative estimate of drug-likeness (QED) is 0.0293. The minimum absolute atomic E-state index is 0.0484. The zero-order chi connectivity index (χ0) is 50.1. The molecule has 0 radical (unpaired) electrons. The van der Waals surface area contributed by atoms with Crippen LogP contribution < -0.4 is 60.2 Å². The van der Waals surface area contributed by atoms with Crippen molar-refractivity contribution >= 4 is 65.1 Å². The van der Waals surface area contributed by atoms with Gasteiger partial charge in [0.1, 0.15) is 42.3 Å². The Hall–Kier alpha value is -5.91. The molecule has 0 bridgehead atoms. The number of hydrogen-bond acceptors (Lipinski definition) is 13. The Morgan fingerprint density at radius 1 is 0.508 bits per heavy atom. The highest BCUT2D eigenvalue weighted by Gasteiger charge is 2.36. The van der Waals surface area contributed by atoms with Crippen LogP contribution in [0.4, 0.5) is 0 Å². The Morgan fingerprint density at radius 2 is 0.969 bits per heavy atom. The molecule has 0 saturated carbocycles. The Morgan fingerprint density at radius 3 is 1.45 bits per heavy atom. The highest BCUT2D eigenvalue weighted by atomic mass is 16.4. The minimum atomic E-state index is -1.60. The molecule has 0 spiro atoms. The molecule has 24 nitrogen and oxygen atoms in total. The summed E-state index contributed by atoms with van der Waals surface area (Å²) >= 11 is 0. The lowest BCUT2D eigenvalue weighted by atomic mass is 9.96. The third kappa shape index (κ3) is 23.6. The summed E-state index contributed by atoms with van der Waals surface area (Å²) in [6.45, 7) is 11.7. The van der Waals surface area contributed by atoms with E-state index in [4.69, 9.17) is 22.9 Å². The summed E-state index contributed by atoms with van der Waals surface area (Å²) in [5.41, 5.74) is 21.8. The smallest absolute Gasteiger partial charge is 0.326 e. The van der Waals surface area contributed by atoms with E-state index in [-0.39, 0.29) is 31.6 Å². The van der Waals surface area contributed by atoms with Crippen LogP contribution in [0.5, 0.6) is 0 Å². The Labute approximate surface area is 379 Å². The molecule has 9 amide bonds. The topological polar surface area (TPSA) is 417 Å². The lowest BCUT2D eigenvalue weighted by molar-refractivity contribution is -0.142. The van der Waals surface area contributed by atoms with Gasteiger partial charge in [-0.3, -0.25) is 47.9 Å². The third-order valence-electron chi connectivity index (χ3n) is 10.3. The summed E-state index contributed by atoms with van der Waals surface area (Å²) in [7, 11) is 0. The van der Waals surface area contributed by atoms with Gasteiger partial charge in [-0.15, -0.1) is 0 Å². The number of nitrogens with two attached hydrogens (primary N) is 4. The number of unbranched alkanes of at least 4 members (excludes halogenated alkanes) is 1. The molecule has 24 heteroatoms. The van der Waals surface area contributed by atoms with Crippen molar-refractivity contribution in [1.82, 2.24) is 37.2 Å². The van der Waals surface area contributed by atoms with Gasteiger partial charge in [-0.05, 0) is 76.2 Å². The molecule has 0 rings (SSSR count). The van der Waals surface area contributed by atoms with Crippen LogP contribution in [0.1, 0.15) is 119 Å². The van der Waals surface area contributed by atoms with Crippen molar-refractivity contribution < 1.29 is 63.0 Å². The van der Waals surface area contributed by atoms with E-state index >= 15 is 0 Å². The number of carboxylic acid groups (broad SMARTS) is 2. The van der Waals surface area contributed by atoms with Gasteiger partial charge >= 0.3 is 11.9 Å². The Balaban J connectivity index is 6.40. The van der Waals surface area contributed by atoms with Crippen molar-refractivity contribution in [3.63, 3.8) is 0 Å². The number of rotatable bonds is 33. The first-order valence-electron chi connectivity index (χ1n) is 21.8. The molecule has 0 unspecified atom stereocenters. The van der Waals surface area contributed by atoms with E-state index < -0.39 is 151 Å². The Kier molecular flexibility index (Phi) is 27.5. The van der Waals surface area contributed by atoms with E-state index in [1.54, 1.807) is 41.5 Å². The molecular formula is C41H73N11O13. The van der Waals surface area contributed by atoms with Gasteiger partial charge in [-0.25, -0.2) is 4.79 Å². The van der Waals surface area contributed by atoms with Crippen molar-refractivity contribution in [1.29, 1.82) is 0 Å². The monoisotopic (exact) mass is 928 g/mol. The number of carbonyl (C=O) groups is 11. The second-order valence-corrected chi connectivity index (χ2v) is 16.9. The zero-order valence-corrected chi connectivity index (χ0v) is 38.5. The summed E-state index contributed by atoms with van der Waals surface area (Å²) in [4.78, 5) is 141. The molecule has 0 aromatic carbocycles. The largest absolute Gasteiger partial charge is 0.481 e.